The smallest absolute Gasteiger partial charge is 0.0682 e. The molecule has 0 amide bonds. The first kappa shape index (κ1) is 16.8. The fourth-order valence-electron chi connectivity index (χ4n) is 5.04. The van der Waals surface area contributed by atoms with Gasteiger partial charge in [-0.05, 0) is 76.3 Å². The van der Waals surface area contributed by atoms with Gasteiger partial charge in [-0.1, -0.05) is 67.5 Å². The zero-order valence-corrected chi connectivity index (χ0v) is 15.7. The van der Waals surface area contributed by atoms with Gasteiger partial charge in [0.25, 0.3) is 0 Å². The van der Waals surface area contributed by atoms with Gasteiger partial charge in [0.05, 0.1) is 6.61 Å². The molecule has 2 aromatic carbocycles. The van der Waals surface area contributed by atoms with E-state index < -0.39 is 0 Å². The summed E-state index contributed by atoms with van der Waals surface area (Å²) in [5, 5.41) is 9.38. The minimum absolute atomic E-state index is 0.0943. The van der Waals surface area contributed by atoms with E-state index in [4.69, 9.17) is 0 Å². The molecule has 136 valence electrons. The van der Waals surface area contributed by atoms with Crippen molar-refractivity contribution < 1.29 is 5.11 Å². The van der Waals surface area contributed by atoms with Crippen LogP contribution in [0.2, 0.25) is 0 Å². The maximum absolute atomic E-state index is 9.38. The molecule has 1 fully saturated rings. The van der Waals surface area contributed by atoms with Crippen LogP contribution in [0.1, 0.15) is 65.8 Å². The van der Waals surface area contributed by atoms with E-state index in [9.17, 15) is 5.11 Å². The van der Waals surface area contributed by atoms with Gasteiger partial charge in [-0.2, -0.15) is 0 Å². The summed E-state index contributed by atoms with van der Waals surface area (Å²) in [5.41, 5.74) is 9.11. The van der Waals surface area contributed by atoms with Crippen molar-refractivity contribution in [3.05, 3.63) is 88.5 Å². The van der Waals surface area contributed by atoms with E-state index in [0.29, 0.717) is 5.92 Å². The van der Waals surface area contributed by atoms with Crippen molar-refractivity contribution >= 4 is 17.2 Å². The van der Waals surface area contributed by atoms with Crippen LogP contribution in [0.5, 0.6) is 0 Å². The lowest BCUT2D eigenvalue weighted by atomic mass is 9.86. The average Bonchev–Trinajstić information content (AvgIpc) is 3.47. The number of allylic oxidation sites excluding steroid dienone is 5. The maximum atomic E-state index is 9.38. The summed E-state index contributed by atoms with van der Waals surface area (Å²) in [6.45, 7) is 0.0943. The highest BCUT2D eigenvalue weighted by Crippen LogP contribution is 2.44. The van der Waals surface area contributed by atoms with Crippen molar-refractivity contribution in [1.82, 2.24) is 0 Å². The van der Waals surface area contributed by atoms with E-state index in [1.165, 1.54) is 59.1 Å². The van der Waals surface area contributed by atoms with Crippen molar-refractivity contribution in [2.75, 3.05) is 0 Å². The molecule has 0 saturated heterocycles. The van der Waals surface area contributed by atoms with Gasteiger partial charge in [0.15, 0.2) is 0 Å². The largest absolute Gasteiger partial charge is 0.392 e. The first-order valence-corrected chi connectivity index (χ1v) is 10.3. The Morgan fingerprint density at radius 1 is 0.963 bits per heavy atom. The number of rotatable bonds is 4. The topological polar surface area (TPSA) is 20.2 Å². The lowest BCUT2D eigenvalue weighted by molar-refractivity contribution is 0.282. The average molecular weight is 354 g/mol. The molecular formula is C26H26O. The molecule has 0 heterocycles. The van der Waals surface area contributed by atoms with Crippen LogP contribution in [0.4, 0.5) is 0 Å². The molecule has 1 nitrogen and oxygen atoms in total. The van der Waals surface area contributed by atoms with Gasteiger partial charge < -0.3 is 5.11 Å². The first-order chi connectivity index (χ1) is 13.3. The number of aliphatic hydroxyl groups excluding tert-OH is 1. The Hall–Kier alpha value is -2.38. The fraction of sp³-hybridized carbons (Fsp3) is 0.308. The molecule has 27 heavy (non-hydrogen) atoms. The minimum Gasteiger partial charge on any atom is -0.392 e. The van der Waals surface area contributed by atoms with Gasteiger partial charge in [0.1, 0.15) is 0 Å². The highest BCUT2D eigenvalue weighted by Gasteiger charge is 2.28. The Morgan fingerprint density at radius 2 is 1.85 bits per heavy atom. The van der Waals surface area contributed by atoms with E-state index in [1.54, 1.807) is 0 Å². The first-order valence-electron chi connectivity index (χ1n) is 10.3. The van der Waals surface area contributed by atoms with E-state index in [0.717, 1.165) is 17.9 Å². The predicted octanol–water partition coefficient (Wildman–Crippen LogP) is 6.35. The van der Waals surface area contributed by atoms with E-state index in [1.807, 2.05) is 12.1 Å². The predicted molar refractivity (Wildman–Crippen MR) is 113 cm³/mol. The highest BCUT2D eigenvalue weighted by atomic mass is 16.3. The van der Waals surface area contributed by atoms with Crippen molar-refractivity contribution in [2.45, 2.75) is 44.6 Å². The molecule has 0 spiro atoms. The summed E-state index contributed by atoms with van der Waals surface area (Å²) >= 11 is 0. The monoisotopic (exact) mass is 354 g/mol. The van der Waals surface area contributed by atoms with E-state index in [-0.39, 0.29) is 6.61 Å². The van der Waals surface area contributed by atoms with Crippen LogP contribution in [-0.4, -0.2) is 5.11 Å². The Bertz CT molecular complexity index is 954. The molecule has 3 aliphatic carbocycles. The zero-order chi connectivity index (χ0) is 18.2. The third-order valence-electron chi connectivity index (χ3n) is 6.52. The fourth-order valence-corrected chi connectivity index (χ4v) is 5.04. The van der Waals surface area contributed by atoms with Gasteiger partial charge in [-0.15, -0.1) is 0 Å². The summed E-state index contributed by atoms with van der Waals surface area (Å²) in [6.07, 6.45) is 16.0. The molecule has 1 saturated carbocycles. The van der Waals surface area contributed by atoms with Gasteiger partial charge in [0, 0.05) is 5.92 Å². The molecule has 1 atom stereocenters. The van der Waals surface area contributed by atoms with Crippen LogP contribution >= 0.6 is 0 Å². The van der Waals surface area contributed by atoms with Gasteiger partial charge in [-0.3, -0.25) is 0 Å². The second-order valence-corrected chi connectivity index (χ2v) is 8.16. The summed E-state index contributed by atoms with van der Waals surface area (Å²) in [5.74, 6) is 1.50. The lowest BCUT2D eigenvalue weighted by Crippen LogP contribution is -2.05. The molecule has 0 bridgehead atoms. The second kappa shape index (κ2) is 6.98. The Balaban J connectivity index is 1.39. The van der Waals surface area contributed by atoms with Crippen LogP contribution in [0, 0.1) is 5.92 Å². The van der Waals surface area contributed by atoms with Gasteiger partial charge in [-0.25, -0.2) is 0 Å². The van der Waals surface area contributed by atoms with Crippen LogP contribution in [-0.2, 0) is 6.61 Å². The molecule has 0 radical (unpaired) electrons. The maximum Gasteiger partial charge on any atom is 0.0682 e. The molecule has 1 unspecified atom stereocenters. The van der Waals surface area contributed by atoms with Crippen LogP contribution in [0.15, 0.2) is 60.7 Å². The molecule has 2 aromatic rings. The van der Waals surface area contributed by atoms with Crippen molar-refractivity contribution in [3.63, 3.8) is 0 Å². The van der Waals surface area contributed by atoms with E-state index in [2.05, 4.69) is 54.6 Å². The molecule has 0 aliphatic heterocycles. The zero-order valence-electron chi connectivity index (χ0n) is 15.7. The highest BCUT2D eigenvalue weighted by molar-refractivity contribution is 5.90. The molecule has 3 aliphatic rings. The number of hydrogen-bond donors (Lipinski definition) is 1. The summed E-state index contributed by atoms with van der Waals surface area (Å²) in [7, 11) is 0. The minimum atomic E-state index is 0.0943. The number of benzene rings is 2. The van der Waals surface area contributed by atoms with Gasteiger partial charge in [0.2, 0.25) is 0 Å². The molecular weight excluding hydrogens is 328 g/mol. The molecule has 1 heteroatoms. The normalized spacial score (nSPS) is 21.4. The summed E-state index contributed by atoms with van der Waals surface area (Å²) in [4.78, 5) is 0. The Kier molecular flexibility index (Phi) is 4.33. The third kappa shape index (κ3) is 3.11. The third-order valence-corrected chi connectivity index (χ3v) is 6.52. The van der Waals surface area contributed by atoms with Crippen LogP contribution in [0.3, 0.4) is 0 Å². The van der Waals surface area contributed by atoms with Crippen LogP contribution < -0.4 is 0 Å². The quantitative estimate of drug-likeness (QED) is 0.678. The SMILES string of the molecule is OCc1cccc(C2=CCC(c3ccc4c(c3)C=CC4C3CCCC3)=C2)c1. The number of fused-ring (bicyclic) bond motifs is 1. The number of aliphatic hydroxyl groups is 1. The Morgan fingerprint density at radius 3 is 2.70 bits per heavy atom. The van der Waals surface area contributed by atoms with Crippen molar-refractivity contribution in [1.29, 1.82) is 0 Å². The van der Waals surface area contributed by atoms with Gasteiger partial charge >= 0.3 is 0 Å². The summed E-state index contributed by atoms with van der Waals surface area (Å²) in [6, 6.07) is 15.3. The molecule has 1 N–H and O–H groups in total. The van der Waals surface area contributed by atoms with Crippen molar-refractivity contribution in [2.24, 2.45) is 5.92 Å². The van der Waals surface area contributed by atoms with Crippen LogP contribution in [0.25, 0.3) is 17.2 Å². The second-order valence-electron chi connectivity index (χ2n) is 8.16. The van der Waals surface area contributed by atoms with E-state index >= 15 is 0 Å². The van der Waals surface area contributed by atoms with Crippen molar-refractivity contribution in [3.8, 4) is 0 Å². The Labute approximate surface area is 161 Å². The standard InChI is InChI=1S/C26H26O/c27-17-18-4-3-7-20(14-18)21-8-9-22(15-21)23-10-12-26-24(16-23)11-13-25(26)19-5-1-2-6-19/h3-4,7-8,10-16,19,25,27H,1-2,5-6,9,17H2. The summed E-state index contributed by atoms with van der Waals surface area (Å²) < 4.78 is 0. The number of hydrogen-bond acceptors (Lipinski definition) is 1. The molecule has 0 aromatic heterocycles. The molecule has 5 rings (SSSR count). The lowest BCUT2D eigenvalue weighted by Gasteiger charge is -2.18.